The first-order chi connectivity index (χ1) is 10.3. The highest BCUT2D eigenvalue weighted by molar-refractivity contribution is 6.29. The number of benzene rings is 1. The molecule has 0 bridgehead atoms. The fraction of sp³-hybridized carbons (Fsp3) is 0.200. The molecule has 0 atom stereocenters. The Morgan fingerprint density at radius 3 is 2.32 bits per heavy atom. The molecule has 3 nitrogen and oxygen atoms in total. The first-order valence-electron chi connectivity index (χ1n) is 6.31. The van der Waals surface area contributed by atoms with Gasteiger partial charge in [-0.3, -0.25) is 4.79 Å². The second-order valence-electron chi connectivity index (χ2n) is 4.66. The molecule has 1 heterocycles. The highest BCUT2D eigenvalue weighted by atomic mass is 35.5. The molecule has 0 spiro atoms. The maximum absolute atomic E-state index is 12.5. The third-order valence-electron chi connectivity index (χ3n) is 3.11. The van der Waals surface area contributed by atoms with Crippen LogP contribution in [-0.2, 0) is 17.4 Å². The molecule has 7 heteroatoms. The van der Waals surface area contributed by atoms with Crippen LogP contribution in [-0.4, -0.2) is 17.9 Å². The molecule has 116 valence electrons. The normalized spacial score (nSPS) is 11.3. The van der Waals surface area contributed by atoms with E-state index in [4.69, 9.17) is 11.6 Å². The lowest BCUT2D eigenvalue weighted by Crippen LogP contribution is -2.27. The number of alkyl halides is 3. The van der Waals surface area contributed by atoms with Crippen LogP contribution in [0.15, 0.2) is 42.6 Å². The van der Waals surface area contributed by atoms with Gasteiger partial charge in [0.15, 0.2) is 0 Å². The first kappa shape index (κ1) is 16.3. The van der Waals surface area contributed by atoms with Gasteiger partial charge in [0.05, 0.1) is 23.9 Å². The first-order valence-corrected chi connectivity index (χ1v) is 6.69. The van der Waals surface area contributed by atoms with Crippen molar-refractivity contribution in [3.05, 3.63) is 58.9 Å². The molecule has 22 heavy (non-hydrogen) atoms. The average Bonchev–Trinajstić information content (AvgIpc) is 2.47. The zero-order chi connectivity index (χ0) is 16.3. The number of nitrogens with zero attached hydrogens (tertiary/aromatic N) is 2. The molecule has 0 fully saturated rings. The van der Waals surface area contributed by atoms with Crippen LogP contribution in [0.5, 0.6) is 0 Å². The minimum absolute atomic E-state index is 0.00271. The van der Waals surface area contributed by atoms with Crippen LogP contribution in [0.3, 0.4) is 0 Å². The highest BCUT2D eigenvalue weighted by Crippen LogP contribution is 2.29. The Labute approximate surface area is 130 Å². The van der Waals surface area contributed by atoms with Gasteiger partial charge in [0.2, 0.25) is 5.91 Å². The third-order valence-corrected chi connectivity index (χ3v) is 3.33. The summed E-state index contributed by atoms with van der Waals surface area (Å²) in [6.07, 6.45) is -2.93. The van der Waals surface area contributed by atoms with Crippen molar-refractivity contribution in [2.45, 2.75) is 12.6 Å². The minimum atomic E-state index is -4.38. The standard InChI is InChI=1S/C15H12ClF3N2O/c1-21(12-6-7-13(16)20-9-12)14(22)8-10-2-4-11(5-3-10)15(17,18)19/h2-7,9H,8H2,1H3. The quantitative estimate of drug-likeness (QED) is 0.799. The zero-order valence-electron chi connectivity index (χ0n) is 11.6. The van der Waals surface area contributed by atoms with Crippen molar-refractivity contribution in [2.24, 2.45) is 0 Å². The van der Waals surface area contributed by atoms with Crippen LogP contribution < -0.4 is 4.90 Å². The summed E-state index contributed by atoms with van der Waals surface area (Å²) < 4.78 is 37.4. The van der Waals surface area contributed by atoms with Gasteiger partial charge in [0, 0.05) is 7.05 Å². The molecule has 0 aliphatic rings. The van der Waals surface area contributed by atoms with Crippen LogP contribution in [0.25, 0.3) is 0 Å². The Kier molecular flexibility index (Phi) is 4.71. The zero-order valence-corrected chi connectivity index (χ0v) is 12.3. The number of anilines is 1. The van der Waals surface area contributed by atoms with Gasteiger partial charge in [0.1, 0.15) is 5.15 Å². The van der Waals surface area contributed by atoms with Crippen LogP contribution in [0, 0.1) is 0 Å². The second-order valence-corrected chi connectivity index (χ2v) is 5.05. The van der Waals surface area contributed by atoms with Crippen molar-refractivity contribution in [2.75, 3.05) is 11.9 Å². The second kappa shape index (κ2) is 6.36. The molecule has 0 unspecified atom stereocenters. The lowest BCUT2D eigenvalue weighted by molar-refractivity contribution is -0.137. The summed E-state index contributed by atoms with van der Waals surface area (Å²) in [5.74, 6) is -0.260. The fourth-order valence-corrected chi connectivity index (χ4v) is 1.93. The molecule has 2 rings (SSSR count). The molecule has 2 aromatic rings. The molecule has 1 amide bonds. The van der Waals surface area contributed by atoms with Gasteiger partial charge in [0.25, 0.3) is 0 Å². The molecule has 1 aromatic heterocycles. The Bertz CT molecular complexity index is 654. The topological polar surface area (TPSA) is 33.2 Å². The molecule has 0 aliphatic heterocycles. The highest BCUT2D eigenvalue weighted by Gasteiger charge is 2.30. The Morgan fingerprint density at radius 2 is 1.82 bits per heavy atom. The Morgan fingerprint density at radius 1 is 1.18 bits per heavy atom. The van der Waals surface area contributed by atoms with Gasteiger partial charge in [-0.15, -0.1) is 0 Å². The van der Waals surface area contributed by atoms with Crippen molar-refractivity contribution in [1.29, 1.82) is 0 Å². The predicted octanol–water partition coefficient (Wildman–Crippen LogP) is 3.96. The smallest absolute Gasteiger partial charge is 0.314 e. The Balaban J connectivity index is 2.06. The van der Waals surface area contributed by atoms with Gasteiger partial charge in [-0.2, -0.15) is 13.2 Å². The van der Waals surface area contributed by atoms with Crippen LogP contribution >= 0.6 is 11.6 Å². The number of carbonyl (C=O) groups excluding carboxylic acids is 1. The number of likely N-dealkylation sites (N-methyl/N-ethyl adjacent to an activating group) is 1. The lowest BCUT2D eigenvalue weighted by atomic mass is 10.1. The average molecular weight is 329 g/mol. The van der Waals surface area contributed by atoms with E-state index in [0.717, 1.165) is 12.1 Å². The molecule has 0 aliphatic carbocycles. The van der Waals surface area contributed by atoms with Gasteiger partial charge in [-0.25, -0.2) is 4.98 Å². The summed E-state index contributed by atoms with van der Waals surface area (Å²) in [5, 5.41) is 0.312. The molecule has 0 saturated carbocycles. The minimum Gasteiger partial charge on any atom is -0.314 e. The van der Waals surface area contributed by atoms with Crippen molar-refractivity contribution >= 4 is 23.2 Å². The largest absolute Gasteiger partial charge is 0.416 e. The maximum Gasteiger partial charge on any atom is 0.416 e. The van der Waals surface area contributed by atoms with Gasteiger partial charge < -0.3 is 4.90 Å². The summed E-state index contributed by atoms with van der Waals surface area (Å²) in [6.45, 7) is 0. The van der Waals surface area contributed by atoms with Gasteiger partial charge >= 0.3 is 6.18 Å². The summed E-state index contributed by atoms with van der Waals surface area (Å²) in [4.78, 5) is 17.4. The number of hydrogen-bond acceptors (Lipinski definition) is 2. The maximum atomic E-state index is 12.5. The van der Waals surface area contributed by atoms with Crippen LogP contribution in [0.4, 0.5) is 18.9 Å². The molecule has 1 aromatic carbocycles. The van der Waals surface area contributed by atoms with Crippen LogP contribution in [0.2, 0.25) is 5.15 Å². The van der Waals surface area contributed by atoms with Crippen LogP contribution in [0.1, 0.15) is 11.1 Å². The molecular formula is C15H12ClF3N2O. The summed E-state index contributed by atoms with van der Waals surface area (Å²) in [7, 11) is 1.57. The number of aromatic nitrogens is 1. The number of pyridine rings is 1. The predicted molar refractivity (Wildman–Crippen MR) is 77.8 cm³/mol. The van der Waals surface area contributed by atoms with E-state index in [9.17, 15) is 18.0 Å². The van der Waals surface area contributed by atoms with E-state index < -0.39 is 11.7 Å². The van der Waals surface area contributed by atoms with E-state index in [2.05, 4.69) is 4.98 Å². The van der Waals surface area contributed by atoms with Crippen molar-refractivity contribution < 1.29 is 18.0 Å². The number of rotatable bonds is 3. The number of hydrogen-bond donors (Lipinski definition) is 0. The number of halogens is 4. The van der Waals surface area contributed by atoms with E-state index in [-0.39, 0.29) is 12.3 Å². The molecular weight excluding hydrogens is 317 g/mol. The van der Waals surface area contributed by atoms with E-state index in [1.165, 1.54) is 23.2 Å². The summed E-state index contributed by atoms with van der Waals surface area (Å²) >= 11 is 5.67. The summed E-state index contributed by atoms with van der Waals surface area (Å²) in [5.41, 5.74) is 0.326. The number of carbonyl (C=O) groups is 1. The Hall–Kier alpha value is -2.08. The van der Waals surface area contributed by atoms with Crippen molar-refractivity contribution in [3.63, 3.8) is 0 Å². The van der Waals surface area contributed by atoms with E-state index in [1.807, 2.05) is 0 Å². The van der Waals surface area contributed by atoms with Gasteiger partial charge in [-0.1, -0.05) is 23.7 Å². The SMILES string of the molecule is CN(C(=O)Cc1ccc(C(F)(F)F)cc1)c1ccc(Cl)nc1. The van der Waals surface area contributed by atoms with Crippen molar-refractivity contribution in [1.82, 2.24) is 4.98 Å². The monoisotopic (exact) mass is 328 g/mol. The van der Waals surface area contributed by atoms with E-state index in [0.29, 0.717) is 16.4 Å². The summed E-state index contributed by atoms with van der Waals surface area (Å²) in [6, 6.07) is 7.72. The lowest BCUT2D eigenvalue weighted by Gasteiger charge is -2.17. The van der Waals surface area contributed by atoms with Crippen molar-refractivity contribution in [3.8, 4) is 0 Å². The van der Waals surface area contributed by atoms with E-state index in [1.54, 1.807) is 19.2 Å². The third kappa shape index (κ3) is 3.98. The van der Waals surface area contributed by atoms with E-state index >= 15 is 0 Å². The number of amides is 1. The van der Waals surface area contributed by atoms with Gasteiger partial charge in [-0.05, 0) is 29.8 Å². The molecule has 0 N–H and O–H groups in total. The fourth-order valence-electron chi connectivity index (χ4n) is 1.82. The molecule has 0 saturated heterocycles. The molecule has 0 radical (unpaired) electrons.